The summed E-state index contributed by atoms with van der Waals surface area (Å²) >= 11 is 0. The minimum atomic E-state index is -2.49. The molecule has 0 saturated carbocycles. The number of carbonyl (C=O) groups excluding carboxylic acids is 1. The number of ether oxygens (including phenoxy) is 2. The number of aliphatic hydroxyl groups is 1. The molecule has 3 aromatic heterocycles. The Hall–Kier alpha value is -6.81. The molecule has 4 atom stereocenters. The topological polar surface area (TPSA) is 165 Å². The number of aliphatic hydroxyl groups excluding tert-OH is 1. The summed E-state index contributed by atoms with van der Waals surface area (Å²) in [5, 5.41) is 27.0. The van der Waals surface area contributed by atoms with Gasteiger partial charge >= 0.3 is 0 Å². The van der Waals surface area contributed by atoms with Gasteiger partial charge < -0.3 is 19.5 Å². The largest absolute Gasteiger partial charge is 0.497 e. The quantitative estimate of drug-likeness (QED) is 0.127. The lowest BCUT2D eigenvalue weighted by Gasteiger charge is -2.37. The number of rotatable bonds is 12. The molecular weight excluding hydrogens is 813 g/mol. The highest BCUT2D eigenvalue weighted by molar-refractivity contribution is 6.91. The summed E-state index contributed by atoms with van der Waals surface area (Å²) in [6.45, 7) is 7.51. The van der Waals surface area contributed by atoms with E-state index in [0.717, 1.165) is 16.8 Å². The van der Waals surface area contributed by atoms with Crippen LogP contribution in [0, 0.1) is 5.92 Å². The van der Waals surface area contributed by atoms with Gasteiger partial charge in [-0.1, -0.05) is 78.9 Å². The van der Waals surface area contributed by atoms with Crippen molar-refractivity contribution in [1.29, 1.82) is 0 Å². The van der Waals surface area contributed by atoms with Gasteiger partial charge in [0.15, 0.2) is 5.60 Å². The minimum absolute atomic E-state index is 0.0232. The Bertz CT molecular complexity index is 3150. The lowest BCUT2D eigenvalue weighted by molar-refractivity contribution is -0.146. The molecule has 5 heterocycles. The fourth-order valence-corrected chi connectivity index (χ4v) is 14.3. The van der Waals surface area contributed by atoms with E-state index in [2.05, 4.69) is 52.7 Å². The lowest BCUT2D eigenvalue weighted by atomic mass is 9.82. The van der Waals surface area contributed by atoms with Crippen LogP contribution in [0.4, 0.5) is 5.69 Å². The first-order valence-corrected chi connectivity index (χ1v) is 24.4. The van der Waals surface area contributed by atoms with Gasteiger partial charge in [-0.25, -0.2) is 9.36 Å². The number of H-pyrrole nitrogens is 2. The van der Waals surface area contributed by atoms with E-state index in [1.165, 1.54) is 14.6 Å². The number of methoxy groups -OCH3 is 1. The standard InChI is InChI=1S/C48H48N8O6Si/c1-30-44(63(3,4)36-19-17-35(61-2)18-20-36)43(22-24-53-29-32(23-25-57)49-52-53)62-48(30)39-27-34(56-46(59)38-13-6-8-15-41(38)51-56)16-21-42(39)54(47(48)60)28-31-10-9-11-33(26-31)55-45(58)37-12-5-7-14-40(37)50-55/h5-21,26-27,29-30,43-44,50-51,57H,22-25,28H2,1-4H3/t30-,43+,44-,48+/m0/s1. The third-order valence-corrected chi connectivity index (χ3v) is 17.7. The van der Waals surface area contributed by atoms with Crippen molar-refractivity contribution in [1.82, 2.24) is 34.6 Å². The van der Waals surface area contributed by atoms with Crippen molar-refractivity contribution >= 4 is 46.7 Å². The molecule has 14 nitrogen and oxygen atoms in total. The van der Waals surface area contributed by atoms with Crippen LogP contribution in [0.25, 0.3) is 33.2 Å². The number of nitrogens with zero attached hydrogens (tertiary/aromatic N) is 6. The fraction of sp³-hybridized carbons (Fsp3) is 0.271. The number of para-hydroxylation sites is 2. The number of nitrogens with one attached hydrogen (secondary N) is 2. The number of aryl methyl sites for hydroxylation is 1. The van der Waals surface area contributed by atoms with E-state index in [1.807, 2.05) is 97.2 Å². The zero-order valence-electron chi connectivity index (χ0n) is 35.5. The van der Waals surface area contributed by atoms with E-state index >= 15 is 4.79 Å². The first-order chi connectivity index (χ1) is 30.5. The van der Waals surface area contributed by atoms with E-state index in [4.69, 9.17) is 9.47 Å². The van der Waals surface area contributed by atoms with Crippen LogP contribution in [0.1, 0.15) is 30.2 Å². The summed E-state index contributed by atoms with van der Waals surface area (Å²) < 4.78 is 17.8. The van der Waals surface area contributed by atoms with Crippen molar-refractivity contribution in [2.75, 3.05) is 18.6 Å². The molecule has 1 saturated heterocycles. The third kappa shape index (κ3) is 6.57. The molecule has 2 aliphatic rings. The predicted molar refractivity (Wildman–Crippen MR) is 244 cm³/mol. The van der Waals surface area contributed by atoms with Crippen LogP contribution in [0.5, 0.6) is 5.75 Å². The van der Waals surface area contributed by atoms with Crippen molar-refractivity contribution in [3.05, 3.63) is 159 Å². The van der Waals surface area contributed by atoms with Gasteiger partial charge in [0.2, 0.25) is 0 Å². The Kier molecular flexibility index (Phi) is 9.92. The molecule has 0 radical (unpaired) electrons. The fourth-order valence-electron chi connectivity index (χ4n) is 10.3. The maximum absolute atomic E-state index is 15.8. The third-order valence-electron chi connectivity index (χ3n) is 13.4. The smallest absolute Gasteiger partial charge is 0.279 e. The molecule has 2 aliphatic heterocycles. The van der Waals surface area contributed by atoms with Gasteiger partial charge in [0, 0.05) is 37.3 Å². The summed E-state index contributed by atoms with van der Waals surface area (Å²) in [5.41, 5.74) is 3.77. The normalized spacial score (nSPS) is 19.8. The van der Waals surface area contributed by atoms with Gasteiger partial charge in [0.05, 0.1) is 72.4 Å². The summed E-state index contributed by atoms with van der Waals surface area (Å²) in [6, 6.07) is 36.5. The van der Waals surface area contributed by atoms with E-state index in [-0.39, 0.29) is 47.7 Å². The number of aromatic nitrogens is 7. The van der Waals surface area contributed by atoms with E-state index in [1.54, 1.807) is 28.8 Å². The first-order valence-electron chi connectivity index (χ1n) is 21.3. The number of carbonyl (C=O) groups is 1. The average molecular weight is 861 g/mol. The van der Waals surface area contributed by atoms with Crippen LogP contribution >= 0.6 is 0 Å². The number of hydrogen-bond donors (Lipinski definition) is 3. The van der Waals surface area contributed by atoms with E-state index in [9.17, 15) is 14.7 Å². The van der Waals surface area contributed by atoms with Crippen LogP contribution in [0.15, 0.2) is 131 Å². The van der Waals surface area contributed by atoms with Crippen molar-refractivity contribution in [3.8, 4) is 17.1 Å². The van der Waals surface area contributed by atoms with Crippen LogP contribution in [-0.2, 0) is 34.6 Å². The molecule has 0 bridgehead atoms. The molecule has 1 amide bonds. The van der Waals surface area contributed by atoms with Gasteiger partial charge in [-0.15, -0.1) is 5.10 Å². The molecule has 320 valence electrons. The highest BCUT2D eigenvalue weighted by Gasteiger charge is 2.66. The van der Waals surface area contributed by atoms with Crippen LogP contribution in [0.3, 0.4) is 0 Å². The van der Waals surface area contributed by atoms with E-state index < -0.39 is 13.7 Å². The van der Waals surface area contributed by atoms with Gasteiger partial charge in [-0.2, -0.15) is 0 Å². The number of amides is 1. The SMILES string of the molecule is COc1ccc([Si](C)(C)[C@@H]2[C@@H](CCn3cc(CCO)nn3)O[C@]3(C(=O)N(Cc4cccc(-n5[nH]c6ccccc6c5=O)c4)c4ccc(-n5[nH]c6ccccc6c5=O)cc43)[C@H]2C)cc1. The van der Waals surface area contributed by atoms with Crippen LogP contribution in [0.2, 0.25) is 18.6 Å². The Morgan fingerprint density at radius 2 is 1.49 bits per heavy atom. The second-order valence-electron chi connectivity index (χ2n) is 17.3. The van der Waals surface area contributed by atoms with Crippen molar-refractivity contribution in [2.24, 2.45) is 5.92 Å². The number of fused-ring (bicyclic) bond motifs is 4. The predicted octanol–water partition coefficient (Wildman–Crippen LogP) is 5.94. The Balaban J connectivity index is 1.10. The lowest BCUT2D eigenvalue weighted by Crippen LogP contribution is -2.51. The second-order valence-corrected chi connectivity index (χ2v) is 21.9. The summed E-state index contributed by atoms with van der Waals surface area (Å²) in [7, 11) is -0.836. The van der Waals surface area contributed by atoms with Gasteiger partial charge in [-0.05, 0) is 84.3 Å². The Morgan fingerprint density at radius 3 is 2.14 bits per heavy atom. The molecule has 8 aromatic rings. The molecular formula is C48H48N8O6Si. The first kappa shape index (κ1) is 40.3. The molecule has 15 heteroatoms. The molecule has 3 N–H and O–H groups in total. The summed E-state index contributed by atoms with van der Waals surface area (Å²) in [6.07, 6.45) is 2.44. The molecule has 1 spiro atoms. The Labute approximate surface area is 363 Å². The number of hydrogen-bond acceptors (Lipinski definition) is 8. The van der Waals surface area contributed by atoms with Crippen molar-refractivity contribution < 1.29 is 19.4 Å². The number of aromatic amines is 2. The Morgan fingerprint density at radius 1 is 0.825 bits per heavy atom. The maximum atomic E-state index is 15.8. The molecule has 5 aromatic carbocycles. The van der Waals surface area contributed by atoms with Crippen molar-refractivity contribution in [3.63, 3.8) is 0 Å². The van der Waals surface area contributed by atoms with Gasteiger partial charge in [0.25, 0.3) is 17.0 Å². The van der Waals surface area contributed by atoms with Crippen LogP contribution in [-0.4, -0.2) is 73.5 Å². The summed E-state index contributed by atoms with van der Waals surface area (Å²) in [4.78, 5) is 44.9. The second kappa shape index (κ2) is 15.5. The van der Waals surface area contributed by atoms with E-state index in [0.29, 0.717) is 64.0 Å². The molecule has 0 aliphatic carbocycles. The molecule has 1 fully saturated rings. The zero-order chi connectivity index (χ0) is 43.6. The van der Waals surface area contributed by atoms with Gasteiger partial charge in [-0.3, -0.25) is 29.3 Å². The average Bonchev–Trinajstić information content (AvgIpc) is 4.10. The zero-order valence-corrected chi connectivity index (χ0v) is 36.5. The molecule has 63 heavy (non-hydrogen) atoms. The highest BCUT2D eigenvalue weighted by atomic mass is 28.3. The van der Waals surface area contributed by atoms with Crippen molar-refractivity contribution in [2.45, 2.75) is 63.2 Å². The van der Waals surface area contributed by atoms with Crippen LogP contribution < -0.4 is 25.9 Å². The number of benzene rings is 5. The number of anilines is 1. The monoisotopic (exact) mass is 860 g/mol. The molecule has 10 rings (SSSR count). The minimum Gasteiger partial charge on any atom is -0.497 e. The maximum Gasteiger partial charge on any atom is 0.279 e. The molecule has 0 unspecified atom stereocenters. The summed E-state index contributed by atoms with van der Waals surface area (Å²) in [5.74, 6) is 0.275. The van der Waals surface area contributed by atoms with Gasteiger partial charge in [0.1, 0.15) is 5.75 Å². The highest BCUT2D eigenvalue weighted by Crippen LogP contribution is 2.60.